The number of hydrogen-bond acceptors (Lipinski definition) is 3. The van der Waals surface area contributed by atoms with Crippen LogP contribution in [0, 0.1) is 10.8 Å². The first-order chi connectivity index (χ1) is 8.12. The molecule has 0 radical (unpaired) electrons. The molecule has 0 aromatic carbocycles. The van der Waals surface area contributed by atoms with E-state index < -0.39 is 11.5 Å². The van der Waals surface area contributed by atoms with Crippen LogP contribution in [0.3, 0.4) is 0 Å². The number of nitrogens with zero attached hydrogens (tertiary/aromatic N) is 1. The molecule has 0 aromatic rings. The third kappa shape index (κ3) is 2.83. The molecule has 18 heavy (non-hydrogen) atoms. The van der Waals surface area contributed by atoms with Gasteiger partial charge in [-0.15, -0.1) is 0 Å². The van der Waals surface area contributed by atoms with Gasteiger partial charge in [0.1, 0.15) is 0 Å². The van der Waals surface area contributed by atoms with Gasteiger partial charge in [0.05, 0.1) is 11.5 Å². The Morgan fingerprint density at radius 1 is 1.39 bits per heavy atom. The highest BCUT2D eigenvalue weighted by Gasteiger charge is 2.43. The van der Waals surface area contributed by atoms with Crippen molar-refractivity contribution in [2.24, 2.45) is 16.6 Å². The van der Waals surface area contributed by atoms with Crippen LogP contribution in [0.1, 0.15) is 34.1 Å². The van der Waals surface area contributed by atoms with E-state index in [9.17, 15) is 9.59 Å². The fraction of sp³-hybridized carbons (Fsp3) is 0.846. The fourth-order valence-corrected chi connectivity index (χ4v) is 2.20. The molecule has 0 aliphatic carbocycles. The first-order valence-electron chi connectivity index (χ1n) is 6.38. The number of nitrogens with two attached hydrogens (primary N) is 1. The molecule has 1 aliphatic rings. The lowest BCUT2D eigenvalue weighted by atomic mass is 9.86. The molecule has 104 valence electrons. The van der Waals surface area contributed by atoms with Crippen molar-refractivity contribution in [3.05, 3.63) is 0 Å². The van der Waals surface area contributed by atoms with E-state index in [1.54, 1.807) is 11.9 Å². The Balaban J connectivity index is 2.73. The summed E-state index contributed by atoms with van der Waals surface area (Å²) in [5.74, 6) is -0.0720. The minimum Gasteiger partial charge on any atom is -0.359 e. The zero-order valence-corrected chi connectivity index (χ0v) is 12.0. The molecule has 1 aliphatic heterocycles. The number of carbonyl (C=O) groups excluding carboxylic acids is 2. The molecule has 2 atom stereocenters. The van der Waals surface area contributed by atoms with Gasteiger partial charge in [-0.1, -0.05) is 20.8 Å². The molecule has 3 N–H and O–H groups in total. The van der Waals surface area contributed by atoms with Gasteiger partial charge in [0.15, 0.2) is 0 Å². The quantitative estimate of drug-likeness (QED) is 0.747. The Bertz CT molecular complexity index is 349. The van der Waals surface area contributed by atoms with E-state index in [2.05, 4.69) is 5.32 Å². The summed E-state index contributed by atoms with van der Waals surface area (Å²) in [4.78, 5) is 25.8. The largest absolute Gasteiger partial charge is 0.359 e. The molecular weight excluding hydrogens is 230 g/mol. The lowest BCUT2D eigenvalue weighted by molar-refractivity contribution is -0.135. The van der Waals surface area contributed by atoms with Crippen molar-refractivity contribution in [1.29, 1.82) is 0 Å². The first-order valence-corrected chi connectivity index (χ1v) is 6.38. The molecule has 2 amide bonds. The van der Waals surface area contributed by atoms with Gasteiger partial charge in [0, 0.05) is 20.1 Å². The zero-order valence-electron chi connectivity index (χ0n) is 12.0. The number of likely N-dealkylation sites (tertiary alicyclic amines) is 1. The summed E-state index contributed by atoms with van der Waals surface area (Å²) in [6, 6.07) is -0.524. The van der Waals surface area contributed by atoms with Crippen molar-refractivity contribution in [2.75, 3.05) is 20.1 Å². The Kier molecular flexibility index (Phi) is 4.05. The van der Waals surface area contributed by atoms with Crippen LogP contribution in [-0.4, -0.2) is 42.9 Å². The van der Waals surface area contributed by atoms with Crippen LogP contribution in [-0.2, 0) is 9.59 Å². The van der Waals surface area contributed by atoms with Crippen LogP contribution in [0.4, 0.5) is 0 Å². The van der Waals surface area contributed by atoms with Gasteiger partial charge in [0.2, 0.25) is 11.8 Å². The molecule has 1 rings (SSSR count). The van der Waals surface area contributed by atoms with Crippen molar-refractivity contribution in [2.45, 2.75) is 40.2 Å². The number of nitrogens with one attached hydrogen (secondary N) is 1. The molecule has 0 bridgehead atoms. The molecule has 0 saturated carbocycles. The average Bonchev–Trinajstić information content (AvgIpc) is 2.69. The highest BCUT2D eigenvalue weighted by molar-refractivity contribution is 5.86. The second kappa shape index (κ2) is 4.88. The van der Waals surface area contributed by atoms with Crippen molar-refractivity contribution in [3.8, 4) is 0 Å². The summed E-state index contributed by atoms with van der Waals surface area (Å²) >= 11 is 0. The molecule has 0 aromatic heterocycles. The molecule has 5 heteroatoms. The summed E-state index contributed by atoms with van der Waals surface area (Å²) in [6.45, 7) is 8.79. The summed E-state index contributed by atoms with van der Waals surface area (Å²) in [6.07, 6.45) is 0.690. The monoisotopic (exact) mass is 255 g/mol. The number of hydrogen-bond donors (Lipinski definition) is 2. The predicted octanol–water partition coefficient (Wildman–Crippen LogP) is 0.344. The van der Waals surface area contributed by atoms with E-state index in [4.69, 9.17) is 5.73 Å². The van der Waals surface area contributed by atoms with Gasteiger partial charge < -0.3 is 16.0 Å². The normalized spacial score (nSPS) is 26.0. The molecular formula is C13H25N3O2. The lowest BCUT2D eigenvalue weighted by Gasteiger charge is -2.30. The van der Waals surface area contributed by atoms with Crippen LogP contribution < -0.4 is 11.1 Å². The van der Waals surface area contributed by atoms with Gasteiger partial charge in [-0.3, -0.25) is 9.59 Å². The molecule has 1 fully saturated rings. The Morgan fingerprint density at radius 2 is 1.94 bits per heavy atom. The Labute approximate surface area is 109 Å². The highest BCUT2D eigenvalue weighted by Crippen LogP contribution is 2.31. The summed E-state index contributed by atoms with van der Waals surface area (Å²) in [5, 5.41) is 2.66. The smallest absolute Gasteiger partial charge is 0.240 e. The molecule has 1 heterocycles. The minimum absolute atomic E-state index is 0.0119. The van der Waals surface area contributed by atoms with Gasteiger partial charge in [-0.25, -0.2) is 0 Å². The van der Waals surface area contributed by atoms with Gasteiger partial charge in [-0.2, -0.15) is 0 Å². The molecule has 5 nitrogen and oxygen atoms in total. The van der Waals surface area contributed by atoms with Gasteiger partial charge >= 0.3 is 0 Å². The maximum Gasteiger partial charge on any atom is 0.240 e. The third-order valence-corrected chi connectivity index (χ3v) is 3.76. The van der Waals surface area contributed by atoms with Crippen LogP contribution in [0.5, 0.6) is 0 Å². The standard InChI is InChI=1S/C13H25N3O2/c1-12(2,3)9(14)10(17)16-7-6-13(4,8-16)11(18)15-5/h9H,6-8,14H2,1-5H3,(H,15,18)/t9-,13?/m1/s1. The minimum atomic E-state index is -0.524. The number of amides is 2. The predicted molar refractivity (Wildman–Crippen MR) is 70.8 cm³/mol. The summed E-state index contributed by atoms with van der Waals surface area (Å²) in [5.41, 5.74) is 5.23. The van der Waals surface area contributed by atoms with Crippen molar-refractivity contribution >= 4 is 11.8 Å². The van der Waals surface area contributed by atoms with E-state index in [0.29, 0.717) is 19.5 Å². The highest BCUT2D eigenvalue weighted by atomic mass is 16.2. The molecule has 0 spiro atoms. The second-order valence-corrected chi connectivity index (χ2v) is 6.49. The Morgan fingerprint density at radius 3 is 2.39 bits per heavy atom. The summed E-state index contributed by atoms with van der Waals surface area (Å²) in [7, 11) is 1.62. The Hall–Kier alpha value is -1.10. The van der Waals surface area contributed by atoms with Gasteiger partial charge in [0.25, 0.3) is 0 Å². The van der Waals surface area contributed by atoms with E-state index in [1.165, 1.54) is 0 Å². The lowest BCUT2D eigenvalue weighted by Crippen LogP contribution is -2.50. The van der Waals surface area contributed by atoms with Gasteiger partial charge in [-0.05, 0) is 18.8 Å². The van der Waals surface area contributed by atoms with E-state index in [1.807, 2.05) is 27.7 Å². The molecule has 1 unspecified atom stereocenters. The average molecular weight is 255 g/mol. The maximum atomic E-state index is 12.3. The van der Waals surface area contributed by atoms with Crippen LogP contribution in [0.2, 0.25) is 0 Å². The third-order valence-electron chi connectivity index (χ3n) is 3.76. The fourth-order valence-electron chi connectivity index (χ4n) is 2.20. The van der Waals surface area contributed by atoms with Crippen LogP contribution in [0.15, 0.2) is 0 Å². The molecule has 1 saturated heterocycles. The number of carbonyl (C=O) groups is 2. The summed E-state index contributed by atoms with van der Waals surface area (Å²) < 4.78 is 0. The second-order valence-electron chi connectivity index (χ2n) is 6.49. The van der Waals surface area contributed by atoms with E-state index in [-0.39, 0.29) is 17.2 Å². The van der Waals surface area contributed by atoms with E-state index in [0.717, 1.165) is 0 Å². The van der Waals surface area contributed by atoms with Crippen LogP contribution in [0.25, 0.3) is 0 Å². The van der Waals surface area contributed by atoms with Crippen LogP contribution >= 0.6 is 0 Å². The van der Waals surface area contributed by atoms with Crippen molar-refractivity contribution in [3.63, 3.8) is 0 Å². The SMILES string of the molecule is CNC(=O)C1(C)CCN(C(=O)[C@@H](N)C(C)(C)C)C1. The first kappa shape index (κ1) is 15.0. The van der Waals surface area contributed by atoms with E-state index >= 15 is 0 Å². The number of rotatable bonds is 2. The van der Waals surface area contributed by atoms with Crippen molar-refractivity contribution in [1.82, 2.24) is 10.2 Å². The topological polar surface area (TPSA) is 75.4 Å². The maximum absolute atomic E-state index is 12.3. The van der Waals surface area contributed by atoms with Crippen molar-refractivity contribution < 1.29 is 9.59 Å². The zero-order chi connectivity index (χ0) is 14.1.